The summed E-state index contributed by atoms with van der Waals surface area (Å²) >= 11 is 0. The molecule has 0 aliphatic heterocycles. The van der Waals surface area contributed by atoms with Crippen molar-refractivity contribution in [2.24, 2.45) is 0 Å². The number of benzene rings is 3. The third kappa shape index (κ3) is 5.43. The van der Waals surface area contributed by atoms with Gasteiger partial charge in [-0.3, -0.25) is 4.90 Å². The highest BCUT2D eigenvalue weighted by Gasteiger charge is 2.31. The van der Waals surface area contributed by atoms with Crippen LogP contribution in [0.25, 0.3) is 0 Å². The Labute approximate surface area is 172 Å². The molecule has 0 amide bonds. The zero-order valence-electron chi connectivity index (χ0n) is 17.7. The van der Waals surface area contributed by atoms with E-state index in [-0.39, 0.29) is 0 Å². The van der Waals surface area contributed by atoms with E-state index in [9.17, 15) is 0 Å². The summed E-state index contributed by atoms with van der Waals surface area (Å²) in [7, 11) is -1.54. The fourth-order valence-corrected chi connectivity index (χ4v) is 6.06. The van der Waals surface area contributed by atoms with Gasteiger partial charge in [-0.2, -0.15) is 0 Å². The molecule has 0 radical (unpaired) electrons. The summed E-state index contributed by atoms with van der Waals surface area (Å²) in [5, 5.41) is 1.56. The van der Waals surface area contributed by atoms with Crippen molar-refractivity contribution in [2.45, 2.75) is 45.6 Å². The lowest BCUT2D eigenvalue weighted by molar-refractivity contribution is 0.256. The lowest BCUT2D eigenvalue weighted by Crippen LogP contribution is -2.48. The predicted octanol–water partition coefficient (Wildman–Crippen LogP) is 6.00. The lowest BCUT2D eigenvalue weighted by atomic mass is 10.1. The number of rotatable bonds is 8. The fraction of sp³-hybridized carbons (Fsp3) is 0.308. The maximum absolute atomic E-state index is 2.62. The molecule has 0 aromatic heterocycles. The normalized spacial score (nSPS) is 12.9. The number of hydrogen-bond donors (Lipinski definition) is 0. The first-order valence-electron chi connectivity index (χ1n) is 10.3. The van der Waals surface area contributed by atoms with Crippen molar-refractivity contribution in [3.8, 4) is 0 Å². The van der Waals surface area contributed by atoms with Crippen LogP contribution in [0, 0.1) is 6.92 Å². The van der Waals surface area contributed by atoms with Crippen molar-refractivity contribution in [1.29, 1.82) is 0 Å². The Morgan fingerprint density at radius 2 is 1.18 bits per heavy atom. The highest BCUT2D eigenvalue weighted by atomic mass is 28.3. The SMILES string of the molecule is Cc1ccc([Si](C)(C)C(C)CN(Cc2ccccc2)Cc2ccccc2)cc1. The van der Waals surface area contributed by atoms with Crippen LogP contribution in [0.2, 0.25) is 18.6 Å². The van der Waals surface area contributed by atoms with Gasteiger partial charge in [0.1, 0.15) is 0 Å². The molecule has 0 bridgehead atoms. The molecule has 0 aliphatic rings. The number of nitrogens with zero attached hydrogens (tertiary/aromatic N) is 1. The Morgan fingerprint density at radius 3 is 1.64 bits per heavy atom. The molecule has 28 heavy (non-hydrogen) atoms. The van der Waals surface area contributed by atoms with Gasteiger partial charge in [-0.15, -0.1) is 0 Å². The number of aryl methyl sites for hydroxylation is 1. The summed E-state index contributed by atoms with van der Waals surface area (Å²) < 4.78 is 0. The predicted molar refractivity (Wildman–Crippen MR) is 125 cm³/mol. The highest BCUT2D eigenvalue weighted by molar-refractivity contribution is 6.91. The van der Waals surface area contributed by atoms with Gasteiger partial charge in [0.05, 0.1) is 8.07 Å². The van der Waals surface area contributed by atoms with E-state index in [0.29, 0.717) is 5.54 Å². The minimum Gasteiger partial charge on any atom is -0.295 e. The highest BCUT2D eigenvalue weighted by Crippen LogP contribution is 2.24. The first kappa shape index (κ1) is 20.6. The van der Waals surface area contributed by atoms with E-state index in [1.165, 1.54) is 16.7 Å². The molecule has 0 saturated carbocycles. The molecule has 0 saturated heterocycles. The summed E-state index contributed by atoms with van der Waals surface area (Å²) in [4.78, 5) is 2.62. The Balaban J connectivity index is 1.77. The third-order valence-electron chi connectivity index (χ3n) is 6.06. The van der Waals surface area contributed by atoms with Gasteiger partial charge in [0.25, 0.3) is 0 Å². The van der Waals surface area contributed by atoms with Crippen molar-refractivity contribution < 1.29 is 0 Å². The van der Waals surface area contributed by atoms with Crippen molar-refractivity contribution in [1.82, 2.24) is 4.90 Å². The first-order valence-corrected chi connectivity index (χ1v) is 13.4. The van der Waals surface area contributed by atoms with Crippen LogP contribution in [-0.2, 0) is 13.1 Å². The molecule has 1 unspecified atom stereocenters. The molecule has 0 spiro atoms. The molecule has 0 N–H and O–H groups in total. The average molecular weight is 388 g/mol. The molecule has 1 atom stereocenters. The zero-order valence-corrected chi connectivity index (χ0v) is 18.7. The van der Waals surface area contributed by atoms with Gasteiger partial charge in [-0.1, -0.05) is 116 Å². The summed E-state index contributed by atoms with van der Waals surface area (Å²) in [5.74, 6) is 0. The smallest absolute Gasteiger partial charge is 0.0846 e. The van der Waals surface area contributed by atoms with Crippen LogP contribution < -0.4 is 5.19 Å². The summed E-state index contributed by atoms with van der Waals surface area (Å²) in [5.41, 5.74) is 4.79. The Bertz CT molecular complexity index is 799. The molecular formula is C26H33NSi. The van der Waals surface area contributed by atoms with E-state index in [2.05, 4.69) is 117 Å². The van der Waals surface area contributed by atoms with Crippen LogP contribution in [0.4, 0.5) is 0 Å². The van der Waals surface area contributed by atoms with Crippen LogP contribution in [0.5, 0.6) is 0 Å². The Morgan fingerprint density at radius 1 is 0.714 bits per heavy atom. The second kappa shape index (κ2) is 9.36. The van der Waals surface area contributed by atoms with Crippen molar-refractivity contribution in [3.05, 3.63) is 102 Å². The minimum atomic E-state index is -1.54. The largest absolute Gasteiger partial charge is 0.295 e. The van der Waals surface area contributed by atoms with E-state index in [1.807, 2.05) is 0 Å². The summed E-state index contributed by atoms with van der Waals surface area (Å²) in [6.45, 7) is 12.8. The van der Waals surface area contributed by atoms with Gasteiger partial charge < -0.3 is 0 Å². The molecule has 3 rings (SSSR count). The fourth-order valence-electron chi connectivity index (χ4n) is 3.75. The second-order valence-electron chi connectivity index (χ2n) is 8.63. The maximum atomic E-state index is 2.62. The quantitative estimate of drug-likeness (QED) is 0.428. The standard InChI is InChI=1S/C26H33NSi/c1-22-15-17-26(18-16-22)28(3,4)23(2)19-27(20-24-11-7-5-8-12-24)21-25-13-9-6-10-14-25/h5-18,23H,19-21H2,1-4H3. The van der Waals surface area contributed by atoms with Gasteiger partial charge in [-0.25, -0.2) is 0 Å². The van der Waals surface area contributed by atoms with Crippen molar-refractivity contribution in [3.63, 3.8) is 0 Å². The van der Waals surface area contributed by atoms with Gasteiger partial charge in [-0.05, 0) is 30.1 Å². The van der Waals surface area contributed by atoms with E-state index in [4.69, 9.17) is 0 Å². The topological polar surface area (TPSA) is 3.24 Å². The first-order chi connectivity index (χ1) is 13.4. The average Bonchev–Trinajstić information content (AvgIpc) is 2.70. The Kier molecular flexibility index (Phi) is 6.87. The molecule has 2 heteroatoms. The van der Waals surface area contributed by atoms with Gasteiger partial charge >= 0.3 is 0 Å². The molecule has 3 aromatic rings. The molecular weight excluding hydrogens is 354 g/mol. The monoisotopic (exact) mass is 387 g/mol. The molecule has 3 aromatic carbocycles. The van der Waals surface area contributed by atoms with Crippen molar-refractivity contribution in [2.75, 3.05) is 6.54 Å². The molecule has 0 heterocycles. The van der Waals surface area contributed by atoms with Gasteiger partial charge in [0.2, 0.25) is 0 Å². The van der Waals surface area contributed by atoms with E-state index in [0.717, 1.165) is 19.6 Å². The van der Waals surface area contributed by atoms with Crippen LogP contribution in [-0.4, -0.2) is 19.5 Å². The molecule has 0 fully saturated rings. The number of hydrogen-bond acceptors (Lipinski definition) is 1. The lowest BCUT2D eigenvalue weighted by Gasteiger charge is -2.35. The van der Waals surface area contributed by atoms with Gasteiger partial charge in [0, 0.05) is 13.1 Å². The van der Waals surface area contributed by atoms with Crippen LogP contribution in [0.1, 0.15) is 23.6 Å². The van der Waals surface area contributed by atoms with Crippen LogP contribution >= 0.6 is 0 Å². The van der Waals surface area contributed by atoms with Crippen LogP contribution in [0.15, 0.2) is 84.9 Å². The molecule has 1 nitrogen and oxygen atoms in total. The molecule has 146 valence electrons. The summed E-state index contributed by atoms with van der Waals surface area (Å²) in [6.07, 6.45) is 0. The van der Waals surface area contributed by atoms with Crippen molar-refractivity contribution >= 4 is 13.3 Å². The van der Waals surface area contributed by atoms with Crippen LogP contribution in [0.3, 0.4) is 0 Å². The van der Waals surface area contributed by atoms with E-state index in [1.54, 1.807) is 5.19 Å². The zero-order chi connectivity index (χ0) is 20.0. The third-order valence-corrected chi connectivity index (χ3v) is 10.5. The summed E-state index contributed by atoms with van der Waals surface area (Å²) in [6, 6.07) is 31.0. The van der Waals surface area contributed by atoms with E-state index < -0.39 is 8.07 Å². The van der Waals surface area contributed by atoms with Gasteiger partial charge in [0.15, 0.2) is 0 Å². The minimum absolute atomic E-state index is 0.669. The Hall–Kier alpha value is -2.16. The molecule has 0 aliphatic carbocycles. The second-order valence-corrected chi connectivity index (χ2v) is 13.6. The maximum Gasteiger partial charge on any atom is 0.0846 e. The van der Waals surface area contributed by atoms with E-state index >= 15 is 0 Å².